The van der Waals surface area contributed by atoms with Crippen LogP contribution in [0.4, 0.5) is 0 Å². The van der Waals surface area contributed by atoms with E-state index in [9.17, 15) is 14.9 Å². The zero-order valence-electron chi connectivity index (χ0n) is 19.3. The molecule has 0 aliphatic carbocycles. The van der Waals surface area contributed by atoms with Crippen molar-refractivity contribution in [2.45, 2.75) is 25.2 Å². The predicted molar refractivity (Wildman–Crippen MR) is 134 cm³/mol. The lowest BCUT2D eigenvalue weighted by molar-refractivity contribution is -0.138. The van der Waals surface area contributed by atoms with Crippen LogP contribution >= 0.6 is 11.8 Å². The number of nitrogens with zero attached hydrogens (tertiary/aromatic N) is 4. The normalized spacial score (nSPS) is 15.2. The number of carbonyl (C=O) groups is 2. The Hall–Kier alpha value is -3.89. The monoisotopic (exact) mass is 468 g/mol. The molecule has 34 heavy (non-hydrogen) atoms. The number of imide groups is 1. The van der Waals surface area contributed by atoms with Crippen LogP contribution in [0.25, 0.3) is 23.0 Å². The van der Waals surface area contributed by atoms with Gasteiger partial charge >= 0.3 is 0 Å². The SMILES string of the molecule is CCCSc1ccc(-c2nn(-c3ccccc3)cc2/C=C2\C(=O)N(C)C(=O)C(C#N)=C2C)cc1. The number of carbonyl (C=O) groups excluding carboxylic acids is 2. The average Bonchev–Trinajstić information content (AvgIpc) is 3.29. The number of aromatic nitrogens is 2. The second-order valence-corrected chi connectivity index (χ2v) is 9.09. The van der Waals surface area contributed by atoms with Gasteiger partial charge in [-0.2, -0.15) is 10.4 Å². The van der Waals surface area contributed by atoms with E-state index in [2.05, 4.69) is 19.1 Å². The summed E-state index contributed by atoms with van der Waals surface area (Å²) in [7, 11) is 1.39. The number of hydrogen-bond acceptors (Lipinski definition) is 5. The molecule has 0 saturated carbocycles. The summed E-state index contributed by atoms with van der Waals surface area (Å²) in [5.41, 5.74) is 3.89. The first-order chi connectivity index (χ1) is 16.4. The number of likely N-dealkylation sites (N-methyl/N-ethyl adjacent to an activating group) is 1. The van der Waals surface area contributed by atoms with Crippen LogP contribution in [0.15, 0.2) is 82.4 Å². The Kier molecular flexibility index (Phi) is 6.80. The van der Waals surface area contributed by atoms with Crippen molar-refractivity contribution in [3.05, 3.63) is 83.1 Å². The quantitative estimate of drug-likeness (QED) is 0.280. The molecule has 2 aromatic carbocycles. The molecule has 4 rings (SSSR count). The molecular formula is C27H24N4O2S. The molecular weight excluding hydrogens is 444 g/mol. The van der Waals surface area contributed by atoms with Crippen LogP contribution in [0, 0.1) is 11.3 Å². The minimum atomic E-state index is -0.581. The van der Waals surface area contributed by atoms with Crippen molar-refractivity contribution in [3.8, 4) is 23.0 Å². The minimum absolute atomic E-state index is 0.0253. The Morgan fingerprint density at radius 3 is 2.41 bits per heavy atom. The van der Waals surface area contributed by atoms with Gasteiger partial charge < -0.3 is 0 Å². The van der Waals surface area contributed by atoms with Gasteiger partial charge in [-0.15, -0.1) is 11.8 Å². The molecule has 1 aliphatic heterocycles. The molecule has 7 heteroatoms. The number of benzene rings is 2. The molecule has 2 amide bonds. The van der Waals surface area contributed by atoms with E-state index in [1.807, 2.05) is 54.7 Å². The molecule has 0 bridgehead atoms. The van der Waals surface area contributed by atoms with Crippen molar-refractivity contribution in [3.63, 3.8) is 0 Å². The minimum Gasteiger partial charge on any atom is -0.277 e. The van der Waals surface area contributed by atoms with Crippen LogP contribution in [0.3, 0.4) is 0 Å². The van der Waals surface area contributed by atoms with Gasteiger partial charge in [-0.3, -0.25) is 14.5 Å². The van der Waals surface area contributed by atoms with E-state index >= 15 is 0 Å². The lowest BCUT2D eigenvalue weighted by atomic mass is 9.93. The number of para-hydroxylation sites is 1. The van der Waals surface area contributed by atoms with Crippen LogP contribution in [-0.2, 0) is 9.59 Å². The van der Waals surface area contributed by atoms with Gasteiger partial charge in [0, 0.05) is 34.8 Å². The summed E-state index contributed by atoms with van der Waals surface area (Å²) in [4.78, 5) is 27.5. The lowest BCUT2D eigenvalue weighted by Gasteiger charge is -2.23. The molecule has 3 aromatic rings. The van der Waals surface area contributed by atoms with E-state index in [4.69, 9.17) is 5.10 Å². The molecule has 0 radical (unpaired) electrons. The van der Waals surface area contributed by atoms with Gasteiger partial charge in [-0.05, 0) is 55.0 Å². The predicted octanol–water partition coefficient (Wildman–Crippen LogP) is 5.26. The van der Waals surface area contributed by atoms with Gasteiger partial charge in [0.25, 0.3) is 11.8 Å². The Bertz CT molecular complexity index is 1350. The molecule has 1 aromatic heterocycles. The summed E-state index contributed by atoms with van der Waals surface area (Å²) in [6.45, 7) is 3.79. The highest BCUT2D eigenvalue weighted by atomic mass is 32.2. The third-order valence-electron chi connectivity index (χ3n) is 5.61. The number of nitriles is 1. The van der Waals surface area contributed by atoms with Crippen molar-refractivity contribution in [2.24, 2.45) is 0 Å². The van der Waals surface area contributed by atoms with E-state index in [0.29, 0.717) is 16.8 Å². The lowest BCUT2D eigenvalue weighted by Crippen LogP contribution is -2.39. The zero-order valence-corrected chi connectivity index (χ0v) is 20.1. The molecule has 0 N–H and O–H groups in total. The molecule has 0 fully saturated rings. The maximum absolute atomic E-state index is 12.9. The molecule has 2 heterocycles. The van der Waals surface area contributed by atoms with Crippen LogP contribution in [-0.4, -0.2) is 39.3 Å². The Balaban J connectivity index is 1.86. The van der Waals surface area contributed by atoms with E-state index in [0.717, 1.165) is 33.9 Å². The van der Waals surface area contributed by atoms with Crippen LogP contribution in [0.5, 0.6) is 0 Å². The first-order valence-electron chi connectivity index (χ1n) is 11.0. The van der Waals surface area contributed by atoms with Crippen LogP contribution < -0.4 is 0 Å². The van der Waals surface area contributed by atoms with Gasteiger partial charge in [0.05, 0.1) is 11.4 Å². The summed E-state index contributed by atoms with van der Waals surface area (Å²) in [5, 5.41) is 14.3. The highest BCUT2D eigenvalue weighted by molar-refractivity contribution is 7.99. The second kappa shape index (κ2) is 9.94. The first kappa shape index (κ1) is 23.3. The van der Waals surface area contributed by atoms with Crippen molar-refractivity contribution in [2.75, 3.05) is 12.8 Å². The Morgan fingerprint density at radius 1 is 1.06 bits per heavy atom. The van der Waals surface area contributed by atoms with Crippen molar-refractivity contribution < 1.29 is 9.59 Å². The molecule has 1 aliphatic rings. The summed E-state index contributed by atoms with van der Waals surface area (Å²) in [5.74, 6) is 0.0364. The summed E-state index contributed by atoms with van der Waals surface area (Å²) < 4.78 is 1.77. The summed E-state index contributed by atoms with van der Waals surface area (Å²) >= 11 is 1.81. The number of thioether (sulfide) groups is 1. The van der Waals surface area contributed by atoms with Crippen LogP contribution in [0.2, 0.25) is 0 Å². The highest BCUT2D eigenvalue weighted by Gasteiger charge is 2.33. The molecule has 0 unspecified atom stereocenters. The maximum atomic E-state index is 12.9. The molecule has 0 saturated heterocycles. The van der Waals surface area contributed by atoms with Crippen molar-refractivity contribution in [1.82, 2.24) is 14.7 Å². The van der Waals surface area contributed by atoms with E-state index in [-0.39, 0.29) is 5.57 Å². The third kappa shape index (κ3) is 4.45. The zero-order chi connectivity index (χ0) is 24.2. The maximum Gasteiger partial charge on any atom is 0.271 e. The first-order valence-corrected chi connectivity index (χ1v) is 12.0. The van der Waals surface area contributed by atoms with Crippen molar-refractivity contribution >= 4 is 29.7 Å². The van der Waals surface area contributed by atoms with E-state index in [1.165, 1.54) is 11.9 Å². The van der Waals surface area contributed by atoms with Gasteiger partial charge in [-0.25, -0.2) is 4.68 Å². The molecule has 0 atom stereocenters. The summed E-state index contributed by atoms with van der Waals surface area (Å²) in [6, 6.07) is 19.9. The Labute approximate surface area is 203 Å². The van der Waals surface area contributed by atoms with Gasteiger partial charge in [-0.1, -0.05) is 37.3 Å². The van der Waals surface area contributed by atoms with Crippen LogP contribution in [0.1, 0.15) is 25.8 Å². The Morgan fingerprint density at radius 2 is 1.76 bits per heavy atom. The van der Waals surface area contributed by atoms with Gasteiger partial charge in [0.15, 0.2) is 0 Å². The van der Waals surface area contributed by atoms with Gasteiger partial charge in [0.2, 0.25) is 0 Å². The fourth-order valence-corrected chi connectivity index (χ4v) is 4.48. The van der Waals surface area contributed by atoms with Gasteiger partial charge in [0.1, 0.15) is 11.6 Å². The fraction of sp³-hybridized carbons (Fsp3) is 0.185. The number of hydrogen-bond donors (Lipinski definition) is 0. The smallest absolute Gasteiger partial charge is 0.271 e. The second-order valence-electron chi connectivity index (χ2n) is 7.93. The molecule has 0 spiro atoms. The average molecular weight is 469 g/mol. The third-order valence-corrected chi connectivity index (χ3v) is 6.83. The fourth-order valence-electron chi connectivity index (χ4n) is 3.71. The van der Waals surface area contributed by atoms with E-state index < -0.39 is 11.8 Å². The molecule has 170 valence electrons. The van der Waals surface area contributed by atoms with Crippen molar-refractivity contribution in [1.29, 1.82) is 5.26 Å². The number of amides is 2. The van der Waals surface area contributed by atoms with E-state index in [1.54, 1.807) is 29.4 Å². The largest absolute Gasteiger partial charge is 0.277 e. The highest BCUT2D eigenvalue weighted by Crippen LogP contribution is 2.31. The molecule has 6 nitrogen and oxygen atoms in total. The standard InChI is InChI=1S/C27H24N4O2S/c1-4-14-34-22-12-10-19(11-13-22)25-20(17-31(29-25)21-8-6-5-7-9-21)15-23-18(2)24(16-28)27(33)30(3)26(23)32/h5-13,15,17H,4,14H2,1-3H3/b23-15-. The topological polar surface area (TPSA) is 79.0 Å². The number of rotatable bonds is 6. The summed E-state index contributed by atoms with van der Waals surface area (Å²) in [6.07, 6.45) is 4.69.